The Kier molecular flexibility index (Phi) is 9.07. The number of hydrogen-bond acceptors (Lipinski definition) is 5. The molecular formula is C9H6F6N2O5. The number of aliphatic carboxylic acids is 2. The minimum atomic E-state index is -5.08. The topological polar surface area (TPSA) is 117 Å². The van der Waals surface area contributed by atoms with Crippen molar-refractivity contribution in [3.8, 4) is 0 Å². The highest BCUT2D eigenvalue weighted by molar-refractivity contribution is 5.73. The van der Waals surface area contributed by atoms with E-state index in [0.29, 0.717) is 0 Å². The third kappa shape index (κ3) is 13.7. The third-order valence-corrected chi connectivity index (χ3v) is 1.13. The van der Waals surface area contributed by atoms with Gasteiger partial charge in [0.05, 0.1) is 6.20 Å². The van der Waals surface area contributed by atoms with E-state index in [4.69, 9.17) is 19.8 Å². The predicted molar refractivity (Wildman–Crippen MR) is 55.7 cm³/mol. The predicted octanol–water partition coefficient (Wildman–Crippen LogP) is 1.10. The first-order valence-corrected chi connectivity index (χ1v) is 4.65. The Bertz CT molecular complexity index is 499. The molecule has 124 valence electrons. The first-order chi connectivity index (χ1) is 9.78. The number of nitrogens with zero attached hydrogens (tertiary/aromatic N) is 2. The smallest absolute Gasteiger partial charge is 0.475 e. The molecule has 0 aliphatic heterocycles. The highest BCUT2D eigenvalue weighted by Crippen LogP contribution is 2.13. The Morgan fingerprint density at radius 2 is 1.27 bits per heavy atom. The molecule has 13 heteroatoms. The second kappa shape index (κ2) is 9.25. The number of carboxylic acid groups (broad SMARTS) is 2. The van der Waals surface area contributed by atoms with E-state index in [1.165, 1.54) is 18.6 Å². The maximum Gasteiger partial charge on any atom is 0.490 e. The van der Waals surface area contributed by atoms with Gasteiger partial charge in [-0.25, -0.2) is 14.6 Å². The highest BCUT2D eigenvalue weighted by atomic mass is 19.4. The van der Waals surface area contributed by atoms with Crippen LogP contribution in [0, 0.1) is 0 Å². The van der Waals surface area contributed by atoms with Crippen LogP contribution in [0.1, 0.15) is 0 Å². The summed E-state index contributed by atoms with van der Waals surface area (Å²) in [5.41, 5.74) is -0.310. The molecule has 0 bridgehead atoms. The summed E-state index contributed by atoms with van der Waals surface area (Å²) in [4.78, 5) is 35.1. The van der Waals surface area contributed by atoms with Crippen LogP contribution in [0.4, 0.5) is 26.3 Å². The van der Waals surface area contributed by atoms with E-state index in [2.05, 4.69) is 9.97 Å². The number of hydrogen-bond donors (Lipinski definition) is 2. The van der Waals surface area contributed by atoms with Gasteiger partial charge in [0.25, 0.3) is 5.56 Å². The van der Waals surface area contributed by atoms with Crippen LogP contribution in [0.5, 0.6) is 0 Å². The second-order valence-corrected chi connectivity index (χ2v) is 2.84. The number of carbonyl (C=O) groups is 2. The van der Waals surface area contributed by atoms with Gasteiger partial charge >= 0.3 is 24.3 Å². The Labute approximate surface area is 116 Å². The van der Waals surface area contributed by atoms with Crippen LogP contribution >= 0.6 is 0 Å². The van der Waals surface area contributed by atoms with E-state index in [-0.39, 0.29) is 5.56 Å². The standard InChI is InChI=1S/C5H4N2O.2C2HF3O2/c8-5-4-6-2-1-3-7-5;2*3-2(4,5)1(6)7/h1-4H;2*(H,6,7). The van der Waals surface area contributed by atoms with Crippen molar-refractivity contribution in [1.82, 2.24) is 9.97 Å². The largest absolute Gasteiger partial charge is 0.490 e. The van der Waals surface area contributed by atoms with E-state index in [1.807, 2.05) is 0 Å². The molecule has 0 saturated heterocycles. The van der Waals surface area contributed by atoms with Crippen molar-refractivity contribution in [2.24, 2.45) is 0 Å². The Morgan fingerprint density at radius 1 is 0.909 bits per heavy atom. The summed E-state index contributed by atoms with van der Waals surface area (Å²) in [6, 6.07) is 1.60. The van der Waals surface area contributed by atoms with Crippen molar-refractivity contribution >= 4 is 11.9 Å². The Hall–Kier alpha value is -2.73. The van der Waals surface area contributed by atoms with Gasteiger partial charge in [0.15, 0.2) is 0 Å². The van der Waals surface area contributed by atoms with Gasteiger partial charge in [0, 0.05) is 12.4 Å². The maximum atomic E-state index is 10.6. The normalized spacial score (nSPS) is 10.3. The lowest BCUT2D eigenvalue weighted by atomic mass is 10.7. The zero-order valence-electron chi connectivity index (χ0n) is 10.1. The highest BCUT2D eigenvalue weighted by Gasteiger charge is 2.38. The molecule has 0 aliphatic rings. The van der Waals surface area contributed by atoms with E-state index < -0.39 is 24.3 Å². The van der Waals surface area contributed by atoms with Gasteiger partial charge < -0.3 is 10.2 Å². The van der Waals surface area contributed by atoms with Gasteiger partial charge in [-0.1, -0.05) is 0 Å². The number of rotatable bonds is 0. The van der Waals surface area contributed by atoms with Crippen LogP contribution in [-0.4, -0.2) is 44.5 Å². The molecule has 2 N–H and O–H groups in total. The fourth-order valence-corrected chi connectivity index (χ4v) is 0.345. The molecule has 0 amide bonds. The van der Waals surface area contributed by atoms with Crippen LogP contribution in [-0.2, 0) is 9.59 Å². The van der Waals surface area contributed by atoms with Gasteiger partial charge in [-0.2, -0.15) is 26.3 Å². The van der Waals surface area contributed by atoms with Crippen LogP contribution in [0.15, 0.2) is 29.5 Å². The molecular weight excluding hydrogens is 330 g/mol. The summed E-state index contributed by atoms with van der Waals surface area (Å²) < 4.78 is 63.5. The van der Waals surface area contributed by atoms with Crippen molar-refractivity contribution in [3.63, 3.8) is 0 Å². The lowest BCUT2D eigenvalue weighted by Gasteiger charge is -1.93. The summed E-state index contributed by atoms with van der Waals surface area (Å²) in [6.07, 6.45) is -6.08. The number of alkyl halides is 6. The molecule has 0 saturated carbocycles. The van der Waals surface area contributed by atoms with Gasteiger partial charge in [-0.3, -0.25) is 9.78 Å². The fourth-order valence-electron chi connectivity index (χ4n) is 0.345. The van der Waals surface area contributed by atoms with Crippen LogP contribution < -0.4 is 5.56 Å². The molecule has 0 fully saturated rings. The van der Waals surface area contributed by atoms with Gasteiger partial charge in [0.1, 0.15) is 0 Å². The number of carboxylic acids is 2. The van der Waals surface area contributed by atoms with E-state index >= 15 is 0 Å². The molecule has 7 nitrogen and oxygen atoms in total. The molecule has 0 unspecified atom stereocenters. The summed E-state index contributed by atoms with van der Waals surface area (Å²) in [5, 5.41) is 14.2. The minimum absolute atomic E-state index is 0.310. The molecule has 0 radical (unpaired) electrons. The first-order valence-electron chi connectivity index (χ1n) is 4.65. The van der Waals surface area contributed by atoms with Crippen LogP contribution in [0.25, 0.3) is 0 Å². The van der Waals surface area contributed by atoms with Crippen molar-refractivity contribution in [1.29, 1.82) is 0 Å². The Balaban J connectivity index is 0. The molecule has 1 rings (SSSR count). The zero-order valence-corrected chi connectivity index (χ0v) is 10.1. The summed E-state index contributed by atoms with van der Waals surface area (Å²) >= 11 is 0. The van der Waals surface area contributed by atoms with Gasteiger partial charge in [0.2, 0.25) is 0 Å². The molecule has 1 aromatic heterocycles. The van der Waals surface area contributed by atoms with Crippen molar-refractivity contribution in [2.75, 3.05) is 0 Å². The minimum Gasteiger partial charge on any atom is -0.475 e. The molecule has 0 aromatic carbocycles. The van der Waals surface area contributed by atoms with Crippen molar-refractivity contribution in [3.05, 3.63) is 35.0 Å². The number of aromatic nitrogens is 2. The Morgan fingerprint density at radius 3 is 1.59 bits per heavy atom. The quantitative estimate of drug-likeness (QED) is 0.681. The summed E-state index contributed by atoms with van der Waals surface area (Å²) in [5.74, 6) is -5.51. The van der Waals surface area contributed by atoms with Crippen LogP contribution in [0.3, 0.4) is 0 Å². The average Bonchev–Trinajstić information content (AvgIpc) is 2.56. The van der Waals surface area contributed by atoms with E-state index in [9.17, 15) is 31.1 Å². The number of halogens is 6. The first kappa shape index (κ1) is 21.6. The lowest BCUT2D eigenvalue weighted by molar-refractivity contribution is -0.193. The summed E-state index contributed by atoms with van der Waals surface area (Å²) in [7, 11) is 0. The van der Waals surface area contributed by atoms with E-state index in [0.717, 1.165) is 0 Å². The SMILES string of the molecule is O=C(O)C(F)(F)F.O=C(O)C(F)(F)F.O=c1cncccn1. The average molecular weight is 336 g/mol. The van der Waals surface area contributed by atoms with Gasteiger partial charge in [-0.05, 0) is 6.07 Å². The van der Waals surface area contributed by atoms with Gasteiger partial charge in [-0.15, -0.1) is 0 Å². The molecule has 1 aromatic rings. The van der Waals surface area contributed by atoms with Crippen LogP contribution in [0.2, 0.25) is 0 Å². The molecule has 1 heterocycles. The van der Waals surface area contributed by atoms with Crippen molar-refractivity contribution < 1.29 is 46.1 Å². The van der Waals surface area contributed by atoms with E-state index in [1.54, 1.807) is 6.07 Å². The maximum absolute atomic E-state index is 10.6. The zero-order chi connectivity index (χ0) is 18.0. The monoisotopic (exact) mass is 336 g/mol. The molecule has 0 aliphatic carbocycles. The van der Waals surface area contributed by atoms with Crippen molar-refractivity contribution in [2.45, 2.75) is 12.4 Å². The third-order valence-electron chi connectivity index (χ3n) is 1.13. The second-order valence-electron chi connectivity index (χ2n) is 2.84. The summed E-state index contributed by atoms with van der Waals surface area (Å²) in [6.45, 7) is 0. The molecule has 0 atom stereocenters. The molecule has 0 spiro atoms. The molecule has 22 heavy (non-hydrogen) atoms. The fraction of sp³-hybridized carbons (Fsp3) is 0.222. The lowest BCUT2D eigenvalue weighted by Crippen LogP contribution is -2.21.